The molecule has 2 aromatic carbocycles. The Kier molecular flexibility index (Phi) is 6.99. The van der Waals surface area contributed by atoms with E-state index in [9.17, 15) is 14.4 Å². The summed E-state index contributed by atoms with van der Waals surface area (Å²) < 4.78 is 11.2. The number of benzene rings is 2. The van der Waals surface area contributed by atoms with E-state index in [0.29, 0.717) is 12.4 Å². The minimum Gasteiger partial charge on any atom is -0.488 e. The fourth-order valence-electron chi connectivity index (χ4n) is 2.81. The lowest BCUT2D eigenvalue weighted by Crippen LogP contribution is -2.42. The molecule has 2 amide bonds. The van der Waals surface area contributed by atoms with E-state index >= 15 is 0 Å². The van der Waals surface area contributed by atoms with Crippen molar-refractivity contribution in [2.24, 2.45) is 0 Å². The van der Waals surface area contributed by atoms with Crippen molar-refractivity contribution < 1.29 is 23.9 Å². The first kappa shape index (κ1) is 22.1. The molecule has 0 N–H and O–H groups in total. The third kappa shape index (κ3) is 4.94. The van der Waals surface area contributed by atoms with E-state index in [1.807, 2.05) is 37.3 Å². The number of imide groups is 1. The second-order valence-corrected chi connectivity index (χ2v) is 8.56. The smallest absolute Gasteiger partial charge is 0.328 e. The highest BCUT2D eigenvalue weighted by molar-refractivity contribution is 9.10. The van der Waals surface area contributed by atoms with Gasteiger partial charge in [-0.1, -0.05) is 35.9 Å². The Morgan fingerprint density at radius 3 is 2.53 bits per heavy atom. The van der Waals surface area contributed by atoms with E-state index in [0.717, 1.165) is 32.3 Å². The second kappa shape index (κ2) is 9.49. The van der Waals surface area contributed by atoms with Crippen LogP contribution in [0.15, 0.2) is 51.8 Å². The predicted molar refractivity (Wildman–Crippen MR) is 119 cm³/mol. The number of carbonyl (C=O) groups excluding carboxylic acids is 3. The number of amides is 2. The highest BCUT2D eigenvalue weighted by atomic mass is 79.9. The maximum atomic E-state index is 12.6. The number of thioether (sulfide) groups is 1. The van der Waals surface area contributed by atoms with Gasteiger partial charge in [0.1, 0.15) is 18.4 Å². The Balaban J connectivity index is 1.72. The van der Waals surface area contributed by atoms with Crippen molar-refractivity contribution >= 4 is 50.9 Å². The molecule has 156 valence electrons. The van der Waals surface area contributed by atoms with Gasteiger partial charge in [0.15, 0.2) is 0 Å². The van der Waals surface area contributed by atoms with Crippen molar-refractivity contribution in [3.63, 3.8) is 0 Å². The van der Waals surface area contributed by atoms with Crippen LogP contribution in [0.1, 0.15) is 23.6 Å². The SMILES string of the molecule is COC(=O)[C@@H](C)N1C(=O)S/C(=C/c2ccc(OCc3ccc(C)cc3)c(Br)c2)C1=O. The fourth-order valence-corrected chi connectivity index (χ4v) is 4.23. The molecule has 6 nitrogen and oxygen atoms in total. The molecule has 0 saturated carbocycles. The van der Waals surface area contributed by atoms with Crippen LogP contribution in [0, 0.1) is 6.92 Å². The van der Waals surface area contributed by atoms with Gasteiger partial charge in [-0.05, 0) is 70.9 Å². The molecule has 0 aliphatic carbocycles. The normalized spacial score (nSPS) is 16.1. The molecular weight excluding hydrogens is 470 g/mol. The molecule has 0 aromatic heterocycles. The summed E-state index contributed by atoms with van der Waals surface area (Å²) in [7, 11) is 1.22. The summed E-state index contributed by atoms with van der Waals surface area (Å²) in [6.45, 7) is 3.93. The van der Waals surface area contributed by atoms with Crippen molar-refractivity contribution in [3.8, 4) is 5.75 Å². The van der Waals surface area contributed by atoms with Crippen LogP contribution < -0.4 is 4.74 Å². The standard InChI is InChI=1S/C22H20BrNO5S/c1-13-4-6-15(7-5-13)12-29-18-9-8-16(10-17(18)23)11-19-20(25)24(22(27)30-19)14(2)21(26)28-3/h4-11,14H,12H2,1-3H3/b19-11+/t14-/m1/s1. The number of hydrogen-bond donors (Lipinski definition) is 0. The van der Waals surface area contributed by atoms with Crippen LogP contribution in [0.4, 0.5) is 4.79 Å². The van der Waals surface area contributed by atoms with E-state index < -0.39 is 23.2 Å². The number of halogens is 1. The molecule has 0 unspecified atom stereocenters. The molecule has 2 aromatic rings. The first-order chi connectivity index (χ1) is 14.3. The molecule has 0 radical (unpaired) electrons. The number of ether oxygens (including phenoxy) is 2. The average molecular weight is 490 g/mol. The van der Waals surface area contributed by atoms with Gasteiger partial charge in [0.2, 0.25) is 0 Å². The maximum absolute atomic E-state index is 12.6. The van der Waals surface area contributed by atoms with Crippen LogP contribution in [0.3, 0.4) is 0 Å². The zero-order valence-electron chi connectivity index (χ0n) is 16.7. The summed E-state index contributed by atoms with van der Waals surface area (Å²) in [6, 6.07) is 12.5. The summed E-state index contributed by atoms with van der Waals surface area (Å²) in [6.07, 6.45) is 1.61. The van der Waals surface area contributed by atoms with Gasteiger partial charge in [-0.15, -0.1) is 0 Å². The quantitative estimate of drug-likeness (QED) is 0.422. The number of hydrogen-bond acceptors (Lipinski definition) is 6. The Morgan fingerprint density at radius 2 is 1.90 bits per heavy atom. The molecule has 1 aliphatic heterocycles. The second-order valence-electron chi connectivity index (χ2n) is 6.71. The van der Waals surface area contributed by atoms with Crippen LogP contribution in [0.2, 0.25) is 0 Å². The van der Waals surface area contributed by atoms with Gasteiger partial charge in [0, 0.05) is 0 Å². The summed E-state index contributed by atoms with van der Waals surface area (Å²) in [4.78, 5) is 37.6. The third-order valence-corrected chi connectivity index (χ3v) is 6.03. The van der Waals surface area contributed by atoms with Crippen LogP contribution >= 0.6 is 27.7 Å². The zero-order valence-corrected chi connectivity index (χ0v) is 19.1. The number of aryl methyl sites for hydroxylation is 1. The van der Waals surface area contributed by atoms with Gasteiger partial charge in [-0.25, -0.2) is 4.79 Å². The van der Waals surface area contributed by atoms with Gasteiger partial charge < -0.3 is 9.47 Å². The lowest BCUT2D eigenvalue weighted by Gasteiger charge is -2.18. The summed E-state index contributed by atoms with van der Waals surface area (Å²) >= 11 is 4.28. The third-order valence-electron chi connectivity index (χ3n) is 4.52. The van der Waals surface area contributed by atoms with Gasteiger partial charge in [-0.3, -0.25) is 14.5 Å². The maximum Gasteiger partial charge on any atom is 0.328 e. The minimum atomic E-state index is -0.974. The molecular formula is C22H20BrNO5S. The first-order valence-corrected chi connectivity index (χ1v) is 10.7. The minimum absolute atomic E-state index is 0.246. The van der Waals surface area contributed by atoms with Gasteiger partial charge >= 0.3 is 5.97 Å². The lowest BCUT2D eigenvalue weighted by molar-refractivity contribution is -0.148. The van der Waals surface area contributed by atoms with Crippen LogP contribution in [0.5, 0.6) is 5.75 Å². The van der Waals surface area contributed by atoms with Crippen LogP contribution in [-0.2, 0) is 20.9 Å². The highest BCUT2D eigenvalue weighted by Crippen LogP contribution is 2.35. The Labute approximate surface area is 187 Å². The summed E-state index contributed by atoms with van der Waals surface area (Å²) in [5.74, 6) is -0.491. The monoisotopic (exact) mass is 489 g/mol. The summed E-state index contributed by atoms with van der Waals surface area (Å²) in [5, 5.41) is -0.499. The molecule has 0 spiro atoms. The van der Waals surface area contributed by atoms with Crippen molar-refractivity contribution in [1.29, 1.82) is 0 Å². The molecule has 3 rings (SSSR count). The Bertz CT molecular complexity index is 1020. The van der Waals surface area contributed by atoms with Crippen molar-refractivity contribution in [1.82, 2.24) is 4.90 Å². The molecule has 30 heavy (non-hydrogen) atoms. The van der Waals surface area contributed by atoms with Gasteiger partial charge in [0.25, 0.3) is 11.1 Å². The molecule has 1 atom stereocenters. The zero-order chi connectivity index (χ0) is 21.8. The van der Waals surface area contributed by atoms with Gasteiger partial charge in [0.05, 0.1) is 16.5 Å². The highest BCUT2D eigenvalue weighted by Gasteiger charge is 2.41. The van der Waals surface area contributed by atoms with E-state index in [4.69, 9.17) is 4.74 Å². The number of carbonyl (C=O) groups is 3. The number of esters is 1. The van der Waals surface area contributed by atoms with Crippen LogP contribution in [0.25, 0.3) is 6.08 Å². The van der Waals surface area contributed by atoms with Crippen LogP contribution in [-0.4, -0.2) is 35.2 Å². The lowest BCUT2D eigenvalue weighted by atomic mass is 10.1. The summed E-state index contributed by atoms with van der Waals surface area (Å²) in [5.41, 5.74) is 2.97. The number of rotatable bonds is 6. The van der Waals surface area contributed by atoms with E-state index in [1.165, 1.54) is 19.6 Å². The first-order valence-electron chi connectivity index (χ1n) is 9.13. The Morgan fingerprint density at radius 1 is 1.20 bits per heavy atom. The molecule has 1 fully saturated rings. The van der Waals surface area contributed by atoms with E-state index in [-0.39, 0.29) is 4.91 Å². The van der Waals surface area contributed by atoms with E-state index in [2.05, 4.69) is 20.7 Å². The van der Waals surface area contributed by atoms with Crippen molar-refractivity contribution in [2.45, 2.75) is 26.5 Å². The average Bonchev–Trinajstić information content (AvgIpc) is 3.00. The van der Waals surface area contributed by atoms with Crippen molar-refractivity contribution in [2.75, 3.05) is 7.11 Å². The number of methoxy groups -OCH3 is 1. The Hall–Kier alpha value is -2.58. The van der Waals surface area contributed by atoms with Crippen molar-refractivity contribution in [3.05, 3.63) is 68.5 Å². The fraction of sp³-hybridized carbons (Fsp3) is 0.227. The van der Waals surface area contributed by atoms with E-state index in [1.54, 1.807) is 18.2 Å². The molecule has 1 heterocycles. The molecule has 8 heteroatoms. The largest absolute Gasteiger partial charge is 0.488 e. The molecule has 1 saturated heterocycles. The number of nitrogens with zero attached hydrogens (tertiary/aromatic N) is 1. The topological polar surface area (TPSA) is 72.9 Å². The molecule has 0 bridgehead atoms. The predicted octanol–water partition coefficient (Wildman–Crippen LogP) is 4.93. The van der Waals surface area contributed by atoms with Gasteiger partial charge in [-0.2, -0.15) is 0 Å². The molecule has 1 aliphatic rings.